The van der Waals surface area contributed by atoms with Gasteiger partial charge in [-0.25, -0.2) is 9.18 Å². The van der Waals surface area contributed by atoms with Gasteiger partial charge in [-0.05, 0) is 25.1 Å². The van der Waals surface area contributed by atoms with Crippen LogP contribution in [0.4, 0.5) is 22.4 Å². The van der Waals surface area contributed by atoms with E-state index >= 15 is 0 Å². The molecule has 1 unspecified atom stereocenters. The number of aromatic nitrogens is 2. The van der Waals surface area contributed by atoms with E-state index in [1.54, 1.807) is 6.07 Å². The summed E-state index contributed by atoms with van der Waals surface area (Å²) in [7, 11) is 0. The number of urea groups is 1. The fraction of sp³-hybridized carbons (Fsp3) is 0.200. The van der Waals surface area contributed by atoms with Crippen molar-refractivity contribution in [2.24, 2.45) is 0 Å². The molecular formula is C20H14F4N4O3. The number of hydrogen-bond donors (Lipinski definition) is 1. The smallest absolute Gasteiger partial charge is 0.337 e. The van der Waals surface area contributed by atoms with Gasteiger partial charge in [-0.2, -0.15) is 18.2 Å². The number of amides is 3. The van der Waals surface area contributed by atoms with Crippen LogP contribution in [0.25, 0.3) is 11.4 Å². The molecule has 2 heterocycles. The van der Waals surface area contributed by atoms with E-state index in [0.717, 1.165) is 17.0 Å². The second-order valence-electron chi connectivity index (χ2n) is 7.01. The van der Waals surface area contributed by atoms with Gasteiger partial charge in [0.2, 0.25) is 11.7 Å². The summed E-state index contributed by atoms with van der Waals surface area (Å²) in [5, 5.41) is 6.15. The predicted molar refractivity (Wildman–Crippen MR) is 97.6 cm³/mol. The van der Waals surface area contributed by atoms with Crippen molar-refractivity contribution in [1.82, 2.24) is 20.4 Å². The molecule has 0 bridgehead atoms. The maximum absolute atomic E-state index is 14.2. The maximum atomic E-state index is 14.2. The fourth-order valence-electron chi connectivity index (χ4n) is 3.27. The zero-order valence-corrected chi connectivity index (χ0v) is 15.9. The second-order valence-corrected chi connectivity index (χ2v) is 7.01. The molecule has 3 amide bonds. The summed E-state index contributed by atoms with van der Waals surface area (Å²) in [4.78, 5) is 30.1. The number of rotatable bonds is 4. The lowest BCUT2D eigenvalue weighted by atomic mass is 9.91. The number of nitrogens with zero attached hydrogens (tertiary/aromatic N) is 3. The highest BCUT2D eigenvalue weighted by Gasteiger charge is 2.50. The Hall–Kier alpha value is -3.76. The molecule has 160 valence electrons. The molecule has 0 radical (unpaired) electrons. The Morgan fingerprint density at radius 3 is 2.42 bits per heavy atom. The topological polar surface area (TPSA) is 88.3 Å². The molecule has 1 aliphatic rings. The van der Waals surface area contributed by atoms with Crippen molar-refractivity contribution in [2.75, 3.05) is 0 Å². The van der Waals surface area contributed by atoms with Crippen LogP contribution in [0.5, 0.6) is 0 Å². The van der Waals surface area contributed by atoms with E-state index < -0.39 is 35.0 Å². The number of imide groups is 1. The molecule has 0 saturated carbocycles. The molecule has 0 aliphatic carbocycles. The normalized spacial score (nSPS) is 19.1. The fourth-order valence-corrected chi connectivity index (χ4v) is 3.27. The van der Waals surface area contributed by atoms with Crippen LogP contribution >= 0.6 is 0 Å². The SMILES string of the molecule is CC1(c2ccccc2F)NC(=O)N(Cc2nc(-c3ccc(C(F)(F)F)cc3)no2)C1=O. The quantitative estimate of drug-likeness (QED) is 0.498. The maximum Gasteiger partial charge on any atom is 0.416 e. The molecule has 1 atom stereocenters. The summed E-state index contributed by atoms with van der Waals surface area (Å²) < 4.78 is 57.3. The Bertz CT molecular complexity index is 1160. The number of carbonyl (C=O) groups excluding carboxylic acids is 2. The van der Waals surface area contributed by atoms with Crippen LogP contribution in [0.3, 0.4) is 0 Å². The molecular weight excluding hydrogens is 420 g/mol. The summed E-state index contributed by atoms with van der Waals surface area (Å²) in [6.07, 6.45) is -4.48. The van der Waals surface area contributed by atoms with E-state index in [4.69, 9.17) is 4.52 Å². The first kappa shape index (κ1) is 20.5. The average molecular weight is 434 g/mol. The Morgan fingerprint density at radius 2 is 1.77 bits per heavy atom. The van der Waals surface area contributed by atoms with Crippen LogP contribution in [0, 0.1) is 5.82 Å². The lowest BCUT2D eigenvalue weighted by Gasteiger charge is -2.22. The highest BCUT2D eigenvalue weighted by molar-refractivity contribution is 6.07. The average Bonchev–Trinajstić information content (AvgIpc) is 3.27. The summed E-state index contributed by atoms with van der Waals surface area (Å²) in [5.74, 6) is -1.48. The van der Waals surface area contributed by atoms with Gasteiger partial charge in [-0.3, -0.25) is 9.69 Å². The van der Waals surface area contributed by atoms with Crippen LogP contribution in [0.1, 0.15) is 23.9 Å². The van der Waals surface area contributed by atoms with Gasteiger partial charge < -0.3 is 9.84 Å². The minimum atomic E-state index is -4.48. The van der Waals surface area contributed by atoms with Crippen LogP contribution in [-0.4, -0.2) is 27.0 Å². The third-order valence-corrected chi connectivity index (χ3v) is 4.92. The molecule has 1 aromatic heterocycles. The van der Waals surface area contributed by atoms with Crippen molar-refractivity contribution in [3.63, 3.8) is 0 Å². The van der Waals surface area contributed by atoms with Crippen molar-refractivity contribution in [3.05, 3.63) is 71.4 Å². The van der Waals surface area contributed by atoms with Crippen molar-refractivity contribution >= 4 is 11.9 Å². The third-order valence-electron chi connectivity index (χ3n) is 4.92. The number of hydrogen-bond acceptors (Lipinski definition) is 5. The number of alkyl halides is 3. The summed E-state index contributed by atoms with van der Waals surface area (Å²) in [6.45, 7) is 0.995. The molecule has 3 aromatic rings. The van der Waals surface area contributed by atoms with Gasteiger partial charge >= 0.3 is 12.2 Å². The molecule has 2 aromatic carbocycles. The van der Waals surface area contributed by atoms with Crippen LogP contribution in [0.2, 0.25) is 0 Å². The first-order valence-electron chi connectivity index (χ1n) is 8.99. The van der Waals surface area contributed by atoms with E-state index in [1.807, 2.05) is 0 Å². The largest absolute Gasteiger partial charge is 0.416 e. The van der Waals surface area contributed by atoms with Crippen molar-refractivity contribution < 1.29 is 31.7 Å². The van der Waals surface area contributed by atoms with Gasteiger partial charge in [0.05, 0.1) is 5.56 Å². The van der Waals surface area contributed by atoms with Crippen molar-refractivity contribution in [2.45, 2.75) is 25.2 Å². The molecule has 1 fully saturated rings. The Morgan fingerprint density at radius 1 is 1.10 bits per heavy atom. The number of halogens is 4. The van der Waals surface area contributed by atoms with Crippen LogP contribution in [0.15, 0.2) is 53.1 Å². The predicted octanol–water partition coefficient (Wildman–Crippen LogP) is 3.86. The highest BCUT2D eigenvalue weighted by Crippen LogP contribution is 2.32. The van der Waals surface area contributed by atoms with E-state index in [2.05, 4.69) is 15.5 Å². The Kier molecular flexibility index (Phi) is 4.75. The second kappa shape index (κ2) is 7.18. The zero-order chi connectivity index (χ0) is 22.4. The van der Waals surface area contributed by atoms with Gasteiger partial charge in [-0.15, -0.1) is 0 Å². The summed E-state index contributed by atoms with van der Waals surface area (Å²) >= 11 is 0. The molecule has 0 spiro atoms. The first-order chi connectivity index (χ1) is 14.6. The molecule has 31 heavy (non-hydrogen) atoms. The molecule has 4 rings (SSSR count). The van der Waals surface area contributed by atoms with Gasteiger partial charge in [0.25, 0.3) is 5.91 Å². The van der Waals surface area contributed by atoms with Crippen LogP contribution < -0.4 is 5.32 Å². The molecule has 7 nitrogen and oxygen atoms in total. The van der Waals surface area contributed by atoms with Gasteiger partial charge in [0, 0.05) is 11.1 Å². The highest BCUT2D eigenvalue weighted by atomic mass is 19.4. The minimum absolute atomic E-state index is 0.00632. The molecule has 11 heteroatoms. The zero-order valence-electron chi connectivity index (χ0n) is 15.9. The van der Waals surface area contributed by atoms with E-state index in [1.165, 1.54) is 37.3 Å². The number of carbonyl (C=O) groups is 2. The van der Waals surface area contributed by atoms with Gasteiger partial charge in [0.1, 0.15) is 17.9 Å². The molecule has 1 N–H and O–H groups in total. The third kappa shape index (κ3) is 3.62. The van der Waals surface area contributed by atoms with E-state index in [-0.39, 0.29) is 29.4 Å². The standard InChI is InChI=1S/C20H14F4N4O3/c1-19(13-4-2-3-5-14(13)21)17(29)28(18(30)26-19)10-15-25-16(27-31-15)11-6-8-12(9-7-11)20(22,23)24/h2-9H,10H2,1H3,(H,26,30). The monoisotopic (exact) mass is 434 g/mol. The molecule has 1 aliphatic heterocycles. The van der Waals surface area contributed by atoms with Gasteiger partial charge in [-0.1, -0.05) is 35.5 Å². The Balaban J connectivity index is 1.54. The number of benzene rings is 2. The van der Waals surface area contributed by atoms with Crippen molar-refractivity contribution in [1.29, 1.82) is 0 Å². The van der Waals surface area contributed by atoms with Crippen LogP contribution in [-0.2, 0) is 23.1 Å². The lowest BCUT2D eigenvalue weighted by Crippen LogP contribution is -2.41. The summed E-state index contributed by atoms with van der Waals surface area (Å²) in [5.41, 5.74) is -2.17. The van der Waals surface area contributed by atoms with E-state index in [0.29, 0.717) is 0 Å². The first-order valence-corrected chi connectivity index (χ1v) is 8.99. The van der Waals surface area contributed by atoms with E-state index in [9.17, 15) is 27.2 Å². The van der Waals surface area contributed by atoms with Crippen molar-refractivity contribution in [3.8, 4) is 11.4 Å². The lowest BCUT2D eigenvalue weighted by molar-refractivity contribution is -0.137. The summed E-state index contributed by atoms with van der Waals surface area (Å²) in [6, 6.07) is 8.92. The molecule has 1 saturated heterocycles. The van der Waals surface area contributed by atoms with Gasteiger partial charge in [0.15, 0.2) is 0 Å². The number of nitrogens with one attached hydrogen (secondary N) is 1. The Labute approximate surface area is 172 Å². The minimum Gasteiger partial charge on any atom is -0.337 e.